The van der Waals surface area contributed by atoms with Crippen LogP contribution in [-0.2, 0) is 11.0 Å². The van der Waals surface area contributed by atoms with Crippen LogP contribution in [0.4, 0.5) is 17.6 Å². The molecule has 0 spiro atoms. The van der Waals surface area contributed by atoms with Crippen molar-refractivity contribution in [3.8, 4) is 17.2 Å². The smallest absolute Gasteiger partial charge is 0.449 e. The Morgan fingerprint density at radius 2 is 1.71 bits per heavy atom. The third kappa shape index (κ3) is 5.57. The van der Waals surface area contributed by atoms with E-state index in [4.69, 9.17) is 13.9 Å². The number of halogens is 4. The number of hydrogen-bond donors (Lipinski definition) is 0. The number of fused-ring (bicyclic) bond motifs is 1. The Kier molecular flexibility index (Phi) is 6.42. The van der Waals surface area contributed by atoms with Crippen molar-refractivity contribution in [3.05, 3.63) is 106 Å². The zero-order valence-corrected chi connectivity index (χ0v) is 18.1. The molecule has 0 saturated heterocycles. The van der Waals surface area contributed by atoms with E-state index in [0.29, 0.717) is 5.56 Å². The summed E-state index contributed by atoms with van der Waals surface area (Å²) in [5.41, 5.74) is -0.217. The van der Waals surface area contributed by atoms with Crippen molar-refractivity contribution in [2.75, 3.05) is 0 Å². The summed E-state index contributed by atoms with van der Waals surface area (Å²) in [5.74, 6) is -3.99. The Hall–Kier alpha value is -4.40. The topological polar surface area (TPSA) is 65.7 Å². The molecule has 0 atom stereocenters. The van der Waals surface area contributed by atoms with Crippen LogP contribution in [0, 0.1) is 12.7 Å². The molecule has 1 aromatic heterocycles. The number of esters is 1. The summed E-state index contributed by atoms with van der Waals surface area (Å²) < 4.78 is 69.5. The van der Waals surface area contributed by atoms with Crippen LogP contribution >= 0.6 is 0 Å². The molecule has 0 N–H and O–H groups in total. The fourth-order valence-electron chi connectivity index (χ4n) is 3.18. The number of alkyl halides is 3. The van der Waals surface area contributed by atoms with Crippen LogP contribution in [0.15, 0.2) is 82.0 Å². The normalized spacial score (nSPS) is 11.7. The Labute approximate surface area is 195 Å². The third-order valence-corrected chi connectivity index (χ3v) is 4.79. The lowest BCUT2D eigenvalue weighted by Crippen LogP contribution is -2.15. The van der Waals surface area contributed by atoms with Gasteiger partial charge >= 0.3 is 12.1 Å². The monoisotopic (exact) mass is 484 g/mol. The van der Waals surface area contributed by atoms with Crippen LogP contribution in [0.25, 0.3) is 17.0 Å². The summed E-state index contributed by atoms with van der Waals surface area (Å²) >= 11 is 0. The van der Waals surface area contributed by atoms with E-state index in [2.05, 4.69) is 0 Å². The van der Waals surface area contributed by atoms with E-state index in [1.807, 2.05) is 0 Å². The van der Waals surface area contributed by atoms with Crippen molar-refractivity contribution >= 4 is 23.0 Å². The van der Waals surface area contributed by atoms with Gasteiger partial charge in [0.2, 0.25) is 11.2 Å². The summed E-state index contributed by atoms with van der Waals surface area (Å²) in [6.45, 7) is 1.72. The first-order valence-electron chi connectivity index (χ1n) is 10.2. The van der Waals surface area contributed by atoms with Gasteiger partial charge in [0, 0.05) is 12.1 Å². The van der Waals surface area contributed by atoms with Gasteiger partial charge in [0.1, 0.15) is 22.9 Å². The molecule has 178 valence electrons. The summed E-state index contributed by atoms with van der Waals surface area (Å²) in [6, 6.07) is 14.9. The molecule has 0 aliphatic rings. The molecule has 0 unspecified atom stereocenters. The first-order valence-corrected chi connectivity index (χ1v) is 10.2. The Balaban J connectivity index is 1.66. The van der Waals surface area contributed by atoms with Gasteiger partial charge in [-0.2, -0.15) is 13.2 Å². The second-order valence-corrected chi connectivity index (χ2v) is 7.47. The van der Waals surface area contributed by atoms with E-state index in [9.17, 15) is 27.2 Å². The van der Waals surface area contributed by atoms with Crippen molar-refractivity contribution in [2.45, 2.75) is 13.1 Å². The average molecular weight is 484 g/mol. The van der Waals surface area contributed by atoms with Gasteiger partial charge in [0.25, 0.3) is 5.76 Å². The van der Waals surface area contributed by atoms with Crippen LogP contribution in [-0.4, -0.2) is 5.97 Å². The molecule has 4 aromatic rings. The van der Waals surface area contributed by atoms with Crippen molar-refractivity contribution in [1.82, 2.24) is 0 Å². The highest BCUT2D eigenvalue weighted by Gasteiger charge is 2.40. The van der Waals surface area contributed by atoms with Gasteiger partial charge in [-0.25, -0.2) is 9.18 Å². The van der Waals surface area contributed by atoms with E-state index in [-0.39, 0.29) is 16.9 Å². The fourth-order valence-corrected chi connectivity index (χ4v) is 3.18. The maximum atomic E-state index is 13.7. The lowest BCUT2D eigenvalue weighted by atomic mass is 10.2. The van der Waals surface area contributed by atoms with Crippen LogP contribution in [0.1, 0.15) is 16.9 Å². The Bertz CT molecular complexity index is 1480. The molecule has 0 saturated carbocycles. The molecule has 0 aliphatic carbocycles. The SMILES string of the molecule is Cc1cccc(Oc2c(C(F)(F)F)oc3cc(OC(=O)/C=C/c4ccc(F)cc4)ccc3c2=O)c1. The molecule has 9 heteroatoms. The highest BCUT2D eigenvalue weighted by atomic mass is 19.4. The third-order valence-electron chi connectivity index (χ3n) is 4.79. The number of ether oxygens (including phenoxy) is 2. The molecule has 35 heavy (non-hydrogen) atoms. The predicted octanol–water partition coefficient (Wildman–Crippen LogP) is 6.67. The minimum Gasteiger partial charge on any atom is -0.449 e. The first-order chi connectivity index (χ1) is 16.6. The highest BCUT2D eigenvalue weighted by molar-refractivity contribution is 5.89. The van der Waals surface area contributed by atoms with E-state index in [1.54, 1.807) is 19.1 Å². The van der Waals surface area contributed by atoms with Crippen LogP contribution in [0.5, 0.6) is 17.2 Å². The van der Waals surface area contributed by atoms with Crippen LogP contribution in [0.2, 0.25) is 0 Å². The summed E-state index contributed by atoms with van der Waals surface area (Å²) in [6.07, 6.45) is -2.59. The Morgan fingerprint density at radius 1 is 0.971 bits per heavy atom. The molecular weight excluding hydrogens is 468 g/mol. The van der Waals surface area contributed by atoms with Gasteiger partial charge in [-0.3, -0.25) is 4.79 Å². The van der Waals surface area contributed by atoms with Crippen LogP contribution < -0.4 is 14.9 Å². The van der Waals surface area contributed by atoms with Gasteiger partial charge in [0.05, 0.1) is 5.39 Å². The van der Waals surface area contributed by atoms with E-state index < -0.39 is 40.5 Å². The minimum absolute atomic E-state index is 0.0423. The second-order valence-electron chi connectivity index (χ2n) is 7.47. The van der Waals surface area contributed by atoms with Crippen molar-refractivity contribution in [2.24, 2.45) is 0 Å². The van der Waals surface area contributed by atoms with E-state index in [1.165, 1.54) is 54.6 Å². The number of benzene rings is 3. The molecule has 0 fully saturated rings. The van der Waals surface area contributed by atoms with Crippen molar-refractivity contribution < 1.29 is 36.2 Å². The van der Waals surface area contributed by atoms with Gasteiger partial charge in [-0.1, -0.05) is 24.3 Å². The summed E-state index contributed by atoms with van der Waals surface area (Å²) in [4.78, 5) is 25.0. The number of carbonyl (C=O) groups excluding carboxylic acids is 1. The zero-order valence-electron chi connectivity index (χ0n) is 18.1. The zero-order chi connectivity index (χ0) is 25.2. The number of aryl methyl sites for hydroxylation is 1. The fraction of sp³-hybridized carbons (Fsp3) is 0.0769. The van der Waals surface area contributed by atoms with Gasteiger partial charge in [-0.15, -0.1) is 0 Å². The van der Waals surface area contributed by atoms with Gasteiger partial charge in [0.15, 0.2) is 0 Å². The molecule has 0 bridgehead atoms. The minimum atomic E-state index is -5.03. The molecule has 0 aliphatic heterocycles. The lowest BCUT2D eigenvalue weighted by molar-refractivity contribution is -0.154. The van der Waals surface area contributed by atoms with Crippen molar-refractivity contribution in [3.63, 3.8) is 0 Å². The number of hydrogen-bond acceptors (Lipinski definition) is 5. The summed E-state index contributed by atoms with van der Waals surface area (Å²) in [7, 11) is 0. The Morgan fingerprint density at radius 3 is 2.40 bits per heavy atom. The van der Waals surface area contributed by atoms with Gasteiger partial charge in [-0.05, 0) is 60.5 Å². The maximum absolute atomic E-state index is 13.7. The number of carbonyl (C=O) groups is 1. The molecule has 0 radical (unpaired) electrons. The molecule has 0 amide bonds. The molecule has 1 heterocycles. The quantitative estimate of drug-likeness (QED) is 0.137. The molecular formula is C26H16F4O5. The highest BCUT2D eigenvalue weighted by Crippen LogP contribution is 2.38. The maximum Gasteiger partial charge on any atom is 0.453 e. The van der Waals surface area contributed by atoms with Crippen LogP contribution in [0.3, 0.4) is 0 Å². The second kappa shape index (κ2) is 9.46. The first kappa shape index (κ1) is 23.7. The van der Waals surface area contributed by atoms with E-state index >= 15 is 0 Å². The molecule has 3 aromatic carbocycles. The number of rotatable bonds is 5. The largest absolute Gasteiger partial charge is 0.453 e. The lowest BCUT2D eigenvalue weighted by Gasteiger charge is -2.13. The van der Waals surface area contributed by atoms with Crippen molar-refractivity contribution in [1.29, 1.82) is 0 Å². The summed E-state index contributed by atoms with van der Waals surface area (Å²) in [5, 5.41) is -0.192. The standard InChI is InChI=1S/C26H16F4O5/c1-15-3-2-4-18(13-15)34-24-23(32)20-11-10-19(14-21(20)35-25(24)26(28,29)30)33-22(31)12-7-16-5-8-17(27)9-6-16/h2-14H,1H3/b12-7+. The predicted molar refractivity (Wildman–Crippen MR) is 120 cm³/mol. The van der Waals surface area contributed by atoms with E-state index in [0.717, 1.165) is 17.7 Å². The van der Waals surface area contributed by atoms with Gasteiger partial charge < -0.3 is 13.9 Å². The average Bonchev–Trinajstić information content (AvgIpc) is 2.80. The molecule has 4 rings (SSSR count). The molecule has 5 nitrogen and oxygen atoms in total.